The second-order valence-electron chi connectivity index (χ2n) is 8.02. The quantitative estimate of drug-likeness (QED) is 0.256. The molecule has 0 radical (unpaired) electrons. The molecule has 0 aromatic heterocycles. The third-order valence-corrected chi connectivity index (χ3v) is 6.09. The standard InChI is InChI=1S/C28H24Cl2N2O6/c1-3-36-20-11-12-25(37-4-2)23(15-20)32-27(34)21(26(33)31-28(32)35)13-17-7-5-6-8-24(17)38-16-18-9-10-19(29)14-22(18)30/h5-15H,3-4,16H2,1-2H3,(H,31,33,35)/b21-13+. The SMILES string of the molecule is CCOc1ccc(OCC)c(N2C(=O)NC(=O)/C(=C\c3ccccc3OCc3ccc(Cl)cc3Cl)C2=O)c1. The van der Waals surface area contributed by atoms with Crippen LogP contribution in [0.3, 0.4) is 0 Å². The van der Waals surface area contributed by atoms with Gasteiger partial charge in [0.2, 0.25) is 0 Å². The predicted octanol–water partition coefficient (Wildman–Crippen LogP) is 6.04. The summed E-state index contributed by atoms with van der Waals surface area (Å²) in [6.45, 7) is 4.41. The summed E-state index contributed by atoms with van der Waals surface area (Å²) in [5.41, 5.74) is 1.06. The highest BCUT2D eigenvalue weighted by Gasteiger charge is 2.38. The van der Waals surface area contributed by atoms with E-state index in [4.69, 9.17) is 37.4 Å². The fraction of sp³-hybridized carbons (Fsp3) is 0.179. The van der Waals surface area contributed by atoms with Gasteiger partial charge in [0.15, 0.2) is 0 Å². The van der Waals surface area contributed by atoms with Gasteiger partial charge in [-0.15, -0.1) is 0 Å². The lowest BCUT2D eigenvalue weighted by molar-refractivity contribution is -0.122. The first-order valence-electron chi connectivity index (χ1n) is 11.8. The molecular formula is C28H24Cl2N2O6. The maximum absolute atomic E-state index is 13.6. The monoisotopic (exact) mass is 554 g/mol. The van der Waals surface area contributed by atoms with E-state index >= 15 is 0 Å². The molecule has 1 aliphatic rings. The van der Waals surface area contributed by atoms with E-state index in [0.29, 0.717) is 45.9 Å². The number of urea groups is 1. The van der Waals surface area contributed by atoms with Crippen molar-refractivity contribution in [2.45, 2.75) is 20.5 Å². The summed E-state index contributed by atoms with van der Waals surface area (Å²) in [7, 11) is 0. The van der Waals surface area contributed by atoms with Crippen LogP contribution in [0, 0.1) is 0 Å². The third-order valence-electron chi connectivity index (χ3n) is 5.50. The van der Waals surface area contributed by atoms with Gasteiger partial charge in [0, 0.05) is 27.2 Å². The molecule has 1 aliphatic heterocycles. The molecule has 4 rings (SSSR count). The van der Waals surface area contributed by atoms with E-state index in [9.17, 15) is 14.4 Å². The van der Waals surface area contributed by atoms with Crippen LogP contribution in [-0.4, -0.2) is 31.1 Å². The Hall–Kier alpha value is -4.01. The molecule has 10 heteroatoms. The van der Waals surface area contributed by atoms with Gasteiger partial charge in [0.1, 0.15) is 29.4 Å². The lowest BCUT2D eigenvalue weighted by atomic mass is 10.1. The van der Waals surface area contributed by atoms with Crippen molar-refractivity contribution in [3.63, 3.8) is 0 Å². The van der Waals surface area contributed by atoms with E-state index in [2.05, 4.69) is 5.32 Å². The molecule has 1 fully saturated rings. The molecule has 3 aromatic carbocycles. The molecule has 3 aromatic rings. The molecule has 0 atom stereocenters. The Labute approximate surface area is 229 Å². The van der Waals surface area contributed by atoms with Crippen LogP contribution >= 0.6 is 23.2 Å². The number of rotatable bonds is 9. The van der Waals surface area contributed by atoms with Gasteiger partial charge >= 0.3 is 6.03 Å². The number of barbiturate groups is 1. The number of imide groups is 2. The van der Waals surface area contributed by atoms with E-state index in [0.717, 1.165) is 4.90 Å². The highest BCUT2D eigenvalue weighted by molar-refractivity contribution is 6.39. The van der Waals surface area contributed by atoms with Crippen LogP contribution in [-0.2, 0) is 16.2 Å². The van der Waals surface area contributed by atoms with Crippen LogP contribution in [0.4, 0.5) is 10.5 Å². The zero-order valence-corrected chi connectivity index (χ0v) is 22.1. The zero-order chi connectivity index (χ0) is 27.2. The first-order chi connectivity index (χ1) is 18.3. The number of benzene rings is 3. The maximum Gasteiger partial charge on any atom is 0.336 e. The minimum atomic E-state index is -0.895. The number of amides is 4. The molecule has 1 heterocycles. The first kappa shape index (κ1) is 27.0. The number of nitrogens with zero attached hydrogens (tertiary/aromatic N) is 1. The molecule has 8 nitrogen and oxygen atoms in total. The van der Waals surface area contributed by atoms with Gasteiger partial charge < -0.3 is 14.2 Å². The van der Waals surface area contributed by atoms with Gasteiger partial charge in [0.05, 0.1) is 18.9 Å². The Morgan fingerprint density at radius 3 is 2.37 bits per heavy atom. The summed E-state index contributed by atoms with van der Waals surface area (Å²) in [6.07, 6.45) is 1.38. The van der Waals surface area contributed by atoms with Gasteiger partial charge in [-0.3, -0.25) is 14.9 Å². The van der Waals surface area contributed by atoms with Crippen molar-refractivity contribution in [3.05, 3.63) is 87.4 Å². The summed E-state index contributed by atoms with van der Waals surface area (Å²) in [5.74, 6) is -0.511. The minimum absolute atomic E-state index is 0.128. The van der Waals surface area contributed by atoms with E-state index in [1.54, 1.807) is 61.5 Å². The van der Waals surface area contributed by atoms with Gasteiger partial charge in [-0.1, -0.05) is 47.5 Å². The van der Waals surface area contributed by atoms with Crippen molar-refractivity contribution >= 4 is 52.8 Å². The highest BCUT2D eigenvalue weighted by atomic mass is 35.5. The molecule has 0 aliphatic carbocycles. The predicted molar refractivity (Wildman–Crippen MR) is 145 cm³/mol. The van der Waals surface area contributed by atoms with Crippen LogP contribution in [0.15, 0.2) is 66.2 Å². The summed E-state index contributed by atoms with van der Waals surface area (Å²) >= 11 is 12.2. The molecule has 0 spiro atoms. The Morgan fingerprint density at radius 1 is 0.868 bits per heavy atom. The van der Waals surface area contributed by atoms with Crippen LogP contribution in [0.25, 0.3) is 6.08 Å². The summed E-state index contributed by atoms with van der Waals surface area (Å²) in [6, 6.07) is 15.9. The molecule has 1 saturated heterocycles. The summed E-state index contributed by atoms with van der Waals surface area (Å²) in [5, 5.41) is 3.18. The van der Waals surface area contributed by atoms with Gasteiger partial charge in [-0.25, -0.2) is 9.69 Å². The van der Waals surface area contributed by atoms with E-state index in [1.807, 2.05) is 6.92 Å². The van der Waals surface area contributed by atoms with Crippen molar-refractivity contribution in [1.82, 2.24) is 5.32 Å². The number of carbonyl (C=O) groups excluding carboxylic acids is 3. The lowest BCUT2D eigenvalue weighted by Crippen LogP contribution is -2.54. The van der Waals surface area contributed by atoms with Crippen molar-refractivity contribution in [2.24, 2.45) is 0 Å². The Balaban J connectivity index is 1.68. The van der Waals surface area contributed by atoms with Crippen LogP contribution < -0.4 is 24.4 Å². The Bertz CT molecular complexity index is 1420. The number of hydrogen-bond donors (Lipinski definition) is 1. The molecule has 0 saturated carbocycles. The Morgan fingerprint density at radius 2 is 1.63 bits per heavy atom. The number of carbonyl (C=O) groups is 3. The molecule has 1 N–H and O–H groups in total. The number of ether oxygens (including phenoxy) is 3. The molecule has 4 amide bonds. The van der Waals surface area contributed by atoms with E-state index in [1.165, 1.54) is 12.1 Å². The first-order valence-corrected chi connectivity index (χ1v) is 12.5. The number of hydrogen-bond acceptors (Lipinski definition) is 6. The van der Waals surface area contributed by atoms with Crippen molar-refractivity contribution in [2.75, 3.05) is 18.1 Å². The number of nitrogens with one attached hydrogen (secondary N) is 1. The fourth-order valence-corrected chi connectivity index (χ4v) is 4.23. The average molecular weight is 555 g/mol. The van der Waals surface area contributed by atoms with Crippen LogP contribution in [0.2, 0.25) is 10.0 Å². The van der Waals surface area contributed by atoms with E-state index in [-0.39, 0.29) is 23.6 Å². The second-order valence-corrected chi connectivity index (χ2v) is 8.86. The largest absolute Gasteiger partial charge is 0.494 e. The number of anilines is 1. The summed E-state index contributed by atoms with van der Waals surface area (Å²) < 4.78 is 17.1. The topological polar surface area (TPSA) is 94.2 Å². The van der Waals surface area contributed by atoms with Gasteiger partial charge in [0.25, 0.3) is 11.8 Å². The molecule has 196 valence electrons. The number of halogens is 2. The van der Waals surface area contributed by atoms with Gasteiger partial charge in [-0.2, -0.15) is 0 Å². The zero-order valence-electron chi connectivity index (χ0n) is 20.6. The molecular weight excluding hydrogens is 531 g/mol. The lowest BCUT2D eigenvalue weighted by Gasteiger charge is -2.28. The van der Waals surface area contributed by atoms with E-state index < -0.39 is 17.8 Å². The molecule has 0 unspecified atom stereocenters. The highest BCUT2D eigenvalue weighted by Crippen LogP contribution is 2.35. The van der Waals surface area contributed by atoms with Crippen molar-refractivity contribution < 1.29 is 28.6 Å². The Kier molecular flexibility index (Phi) is 8.55. The maximum atomic E-state index is 13.6. The van der Waals surface area contributed by atoms with Crippen molar-refractivity contribution in [1.29, 1.82) is 0 Å². The van der Waals surface area contributed by atoms with Crippen LogP contribution in [0.5, 0.6) is 17.2 Å². The number of para-hydroxylation sites is 1. The normalized spacial score (nSPS) is 14.5. The fourth-order valence-electron chi connectivity index (χ4n) is 3.76. The average Bonchev–Trinajstić information content (AvgIpc) is 2.88. The van der Waals surface area contributed by atoms with Crippen molar-refractivity contribution in [3.8, 4) is 17.2 Å². The smallest absolute Gasteiger partial charge is 0.336 e. The molecule has 38 heavy (non-hydrogen) atoms. The summed E-state index contributed by atoms with van der Waals surface area (Å²) in [4.78, 5) is 40.0. The van der Waals surface area contributed by atoms with Gasteiger partial charge in [-0.05, 0) is 50.3 Å². The molecule has 0 bridgehead atoms. The third kappa shape index (κ3) is 5.93. The second kappa shape index (κ2) is 12.0. The minimum Gasteiger partial charge on any atom is -0.494 e. The van der Waals surface area contributed by atoms with Crippen LogP contribution in [0.1, 0.15) is 25.0 Å².